The van der Waals surface area contributed by atoms with Crippen LogP contribution in [0.2, 0.25) is 0 Å². The molecule has 0 aliphatic heterocycles. The third kappa shape index (κ3) is 4.24. The number of anilines is 1. The lowest BCUT2D eigenvalue weighted by Crippen LogP contribution is -2.12. The van der Waals surface area contributed by atoms with Gasteiger partial charge in [0.2, 0.25) is 5.13 Å². The molecule has 3 aromatic rings. The van der Waals surface area contributed by atoms with Crippen LogP contribution in [0.25, 0.3) is 0 Å². The Morgan fingerprint density at radius 3 is 2.50 bits per heavy atom. The fourth-order valence-corrected chi connectivity index (χ4v) is 3.62. The maximum atomic E-state index is 12.3. The zero-order valence-electron chi connectivity index (χ0n) is 13.9. The van der Waals surface area contributed by atoms with Crippen molar-refractivity contribution >= 4 is 39.8 Å². The Kier molecular flexibility index (Phi) is 5.29. The predicted molar refractivity (Wildman–Crippen MR) is 101 cm³/mol. The van der Waals surface area contributed by atoms with Crippen molar-refractivity contribution in [1.82, 2.24) is 10.2 Å². The zero-order chi connectivity index (χ0) is 18.7. The number of benzene rings is 2. The van der Waals surface area contributed by atoms with Crippen molar-refractivity contribution in [3.8, 4) is 0 Å². The normalized spacial score (nSPS) is 10.5. The summed E-state index contributed by atoms with van der Waals surface area (Å²) >= 11 is 2.52. The number of aryl methyl sites for hydroxylation is 2. The van der Waals surface area contributed by atoms with E-state index in [2.05, 4.69) is 15.5 Å². The monoisotopic (exact) mass is 386 g/mol. The van der Waals surface area contributed by atoms with Gasteiger partial charge < -0.3 is 0 Å². The van der Waals surface area contributed by atoms with Gasteiger partial charge in [-0.15, -0.1) is 10.2 Å². The maximum absolute atomic E-state index is 12.3. The van der Waals surface area contributed by atoms with Crippen LogP contribution in [0.4, 0.5) is 10.8 Å². The molecule has 0 bridgehead atoms. The van der Waals surface area contributed by atoms with Crippen LogP contribution in [-0.4, -0.2) is 21.0 Å². The average Bonchev–Trinajstić information content (AvgIpc) is 3.01. The Hall–Kier alpha value is -2.78. The van der Waals surface area contributed by atoms with E-state index in [-0.39, 0.29) is 11.3 Å². The molecule has 132 valence electrons. The van der Waals surface area contributed by atoms with Crippen LogP contribution in [0.5, 0.6) is 0 Å². The second kappa shape index (κ2) is 7.63. The summed E-state index contributed by atoms with van der Waals surface area (Å²) in [6.07, 6.45) is 0. The van der Waals surface area contributed by atoms with E-state index < -0.39 is 10.8 Å². The Labute approximate surface area is 157 Å². The van der Waals surface area contributed by atoms with Crippen molar-refractivity contribution in [2.45, 2.75) is 23.6 Å². The summed E-state index contributed by atoms with van der Waals surface area (Å²) in [6, 6.07) is 12.1. The highest BCUT2D eigenvalue weighted by molar-refractivity contribution is 7.99. The highest BCUT2D eigenvalue weighted by Crippen LogP contribution is 2.35. The van der Waals surface area contributed by atoms with E-state index in [0.717, 1.165) is 15.5 Å². The molecule has 0 saturated heterocycles. The minimum Gasteiger partial charge on any atom is -0.296 e. The van der Waals surface area contributed by atoms with Crippen molar-refractivity contribution in [3.05, 3.63) is 68.7 Å². The Morgan fingerprint density at radius 2 is 1.88 bits per heavy atom. The Bertz CT molecular complexity index is 970. The molecule has 3 rings (SSSR count). The van der Waals surface area contributed by atoms with E-state index in [9.17, 15) is 14.9 Å². The molecule has 0 spiro atoms. The second-order valence-corrected chi connectivity index (χ2v) is 7.73. The highest BCUT2D eigenvalue weighted by atomic mass is 32.2. The van der Waals surface area contributed by atoms with Crippen LogP contribution >= 0.6 is 23.1 Å². The van der Waals surface area contributed by atoms with Gasteiger partial charge in [-0.3, -0.25) is 20.2 Å². The van der Waals surface area contributed by atoms with Crippen LogP contribution in [0.1, 0.15) is 20.9 Å². The Balaban J connectivity index is 1.85. The first kappa shape index (κ1) is 18.0. The molecule has 0 saturated carbocycles. The van der Waals surface area contributed by atoms with E-state index in [1.165, 1.54) is 29.2 Å². The van der Waals surface area contributed by atoms with Crippen molar-refractivity contribution in [3.63, 3.8) is 0 Å². The van der Waals surface area contributed by atoms with Gasteiger partial charge in [0.05, 0.1) is 9.82 Å². The summed E-state index contributed by atoms with van der Waals surface area (Å²) in [6.45, 7) is 3.75. The van der Waals surface area contributed by atoms with Crippen LogP contribution in [0.3, 0.4) is 0 Å². The summed E-state index contributed by atoms with van der Waals surface area (Å²) in [5.41, 5.74) is 1.19. The fraction of sp³-hybridized carbons (Fsp3) is 0.118. The van der Waals surface area contributed by atoms with Gasteiger partial charge in [-0.05, 0) is 38.1 Å². The molecule has 0 aliphatic carbocycles. The summed E-state index contributed by atoms with van der Waals surface area (Å²) < 4.78 is 0. The molecule has 1 aromatic heterocycles. The largest absolute Gasteiger partial charge is 0.296 e. The number of carbonyl (C=O) groups is 1. The molecule has 0 radical (unpaired) electrons. The molecular formula is C17H14N4O3S2. The van der Waals surface area contributed by atoms with E-state index in [0.29, 0.717) is 10.0 Å². The SMILES string of the molecule is Cc1ccc(Sc2ccc(C(=O)Nc3nnc(C)s3)cc2[N+](=O)[O-])cc1. The average molecular weight is 386 g/mol. The van der Waals surface area contributed by atoms with Crippen molar-refractivity contribution in [2.75, 3.05) is 5.32 Å². The summed E-state index contributed by atoms with van der Waals surface area (Å²) in [4.78, 5) is 24.6. The number of aromatic nitrogens is 2. The molecule has 1 heterocycles. The van der Waals surface area contributed by atoms with Crippen molar-refractivity contribution in [2.24, 2.45) is 0 Å². The maximum Gasteiger partial charge on any atom is 0.284 e. The second-order valence-electron chi connectivity index (χ2n) is 5.44. The number of nitrogens with zero attached hydrogens (tertiary/aromatic N) is 3. The fourth-order valence-electron chi connectivity index (χ4n) is 2.14. The molecule has 0 aliphatic rings. The summed E-state index contributed by atoms with van der Waals surface area (Å²) in [5, 5.41) is 22.7. The van der Waals surface area contributed by atoms with Gasteiger partial charge in [0.1, 0.15) is 5.01 Å². The van der Waals surface area contributed by atoms with Gasteiger partial charge >= 0.3 is 0 Å². The Morgan fingerprint density at radius 1 is 1.15 bits per heavy atom. The smallest absolute Gasteiger partial charge is 0.284 e. The minimum atomic E-state index is -0.484. The zero-order valence-corrected chi connectivity index (χ0v) is 15.6. The van der Waals surface area contributed by atoms with Crippen molar-refractivity contribution < 1.29 is 9.72 Å². The molecule has 26 heavy (non-hydrogen) atoms. The number of nitrogens with one attached hydrogen (secondary N) is 1. The highest BCUT2D eigenvalue weighted by Gasteiger charge is 2.19. The molecule has 0 atom stereocenters. The topological polar surface area (TPSA) is 98.0 Å². The van der Waals surface area contributed by atoms with Crippen LogP contribution in [0, 0.1) is 24.0 Å². The first-order valence-corrected chi connectivity index (χ1v) is 9.20. The van der Waals surface area contributed by atoms with E-state index in [1.54, 1.807) is 19.1 Å². The quantitative estimate of drug-likeness (QED) is 0.513. The van der Waals surface area contributed by atoms with E-state index >= 15 is 0 Å². The lowest BCUT2D eigenvalue weighted by Gasteiger charge is -2.06. The number of carbonyl (C=O) groups excluding carboxylic acids is 1. The summed E-state index contributed by atoms with van der Waals surface area (Å²) in [5.74, 6) is -0.462. The molecule has 9 heteroatoms. The number of nitro benzene ring substituents is 1. The number of hydrogen-bond acceptors (Lipinski definition) is 7. The van der Waals surface area contributed by atoms with Crippen LogP contribution < -0.4 is 5.32 Å². The van der Waals surface area contributed by atoms with Crippen LogP contribution in [-0.2, 0) is 0 Å². The molecular weight excluding hydrogens is 372 g/mol. The molecule has 0 fully saturated rings. The van der Waals surface area contributed by atoms with E-state index in [4.69, 9.17) is 0 Å². The molecule has 2 aromatic carbocycles. The number of rotatable bonds is 5. The van der Waals surface area contributed by atoms with Crippen LogP contribution in [0.15, 0.2) is 52.3 Å². The first-order chi connectivity index (χ1) is 12.4. The predicted octanol–water partition coefficient (Wildman–Crippen LogP) is 4.47. The van der Waals surface area contributed by atoms with Gasteiger partial charge in [-0.25, -0.2) is 0 Å². The van der Waals surface area contributed by atoms with Gasteiger partial charge in [-0.1, -0.05) is 40.8 Å². The molecule has 7 nitrogen and oxygen atoms in total. The standard InChI is InChI=1S/C17H14N4O3S2/c1-10-3-6-13(7-4-10)26-15-8-5-12(9-14(15)21(23)24)16(22)18-17-20-19-11(2)25-17/h3-9H,1-2H3,(H,18,20,22). The number of amides is 1. The van der Waals surface area contributed by atoms with Crippen molar-refractivity contribution in [1.29, 1.82) is 0 Å². The molecule has 1 N–H and O–H groups in total. The van der Waals surface area contributed by atoms with E-state index in [1.807, 2.05) is 31.2 Å². The minimum absolute atomic E-state index is 0.114. The lowest BCUT2D eigenvalue weighted by molar-refractivity contribution is -0.387. The first-order valence-electron chi connectivity index (χ1n) is 7.57. The summed E-state index contributed by atoms with van der Waals surface area (Å²) in [7, 11) is 0. The lowest BCUT2D eigenvalue weighted by atomic mass is 10.2. The molecule has 1 amide bonds. The molecule has 0 unspecified atom stereocenters. The van der Waals surface area contributed by atoms with Gasteiger partial charge in [0.15, 0.2) is 0 Å². The van der Waals surface area contributed by atoms with Gasteiger partial charge in [0.25, 0.3) is 11.6 Å². The number of nitro groups is 1. The third-order valence-corrected chi connectivity index (χ3v) is 5.24. The van der Waals surface area contributed by atoms with Gasteiger partial charge in [-0.2, -0.15) is 0 Å². The van der Waals surface area contributed by atoms with Gasteiger partial charge in [0, 0.05) is 16.5 Å². The third-order valence-electron chi connectivity index (χ3n) is 3.41. The number of hydrogen-bond donors (Lipinski definition) is 1.